The van der Waals surface area contributed by atoms with Gasteiger partial charge in [0.05, 0.1) is 23.6 Å². The van der Waals surface area contributed by atoms with E-state index in [-0.39, 0.29) is 40.3 Å². The molecule has 0 unspecified atom stereocenters. The molecule has 1 aromatic heterocycles. The fourth-order valence-electron chi connectivity index (χ4n) is 4.26. The van der Waals surface area contributed by atoms with Gasteiger partial charge in [0.2, 0.25) is 5.76 Å². The molecule has 172 valence electrons. The normalized spacial score (nSPS) is 15.1. The van der Waals surface area contributed by atoms with Gasteiger partial charge >= 0.3 is 0 Å². The van der Waals surface area contributed by atoms with E-state index in [1.807, 2.05) is 0 Å². The third kappa shape index (κ3) is 3.57. The third-order valence-corrected chi connectivity index (χ3v) is 5.79. The average Bonchev–Trinajstić information content (AvgIpc) is 3.09. The standard InChI is InChI=1S/C26H19F2NO5/c1-2-33-21-11-15(5-9-19(21)30)23-22-24(31)18-12-17(28)8-10-20(18)34-25(22)26(32)29(23)13-14-3-6-16(27)7-4-14/h3-12,23,30H,2,13H2,1H3/t23-/m0/s1. The molecule has 1 amide bonds. The lowest BCUT2D eigenvalue weighted by Gasteiger charge is -2.25. The van der Waals surface area contributed by atoms with E-state index in [9.17, 15) is 23.5 Å². The molecule has 2 heterocycles. The first kappa shape index (κ1) is 21.6. The molecule has 6 nitrogen and oxygen atoms in total. The quantitative estimate of drug-likeness (QED) is 0.455. The number of nitrogens with zero attached hydrogens (tertiary/aromatic N) is 1. The van der Waals surface area contributed by atoms with Crippen molar-refractivity contribution in [2.24, 2.45) is 0 Å². The molecule has 1 aliphatic rings. The summed E-state index contributed by atoms with van der Waals surface area (Å²) in [6.07, 6.45) is 0. The Kier molecular flexibility index (Phi) is 5.28. The first-order chi connectivity index (χ1) is 16.4. The van der Waals surface area contributed by atoms with E-state index in [1.165, 1.54) is 29.2 Å². The Bertz CT molecular complexity index is 1480. The number of aromatic hydroxyl groups is 1. The first-order valence-electron chi connectivity index (χ1n) is 10.6. The van der Waals surface area contributed by atoms with Crippen molar-refractivity contribution in [3.8, 4) is 11.5 Å². The summed E-state index contributed by atoms with van der Waals surface area (Å²) in [7, 11) is 0. The molecular weight excluding hydrogens is 444 g/mol. The van der Waals surface area contributed by atoms with E-state index in [2.05, 4.69) is 0 Å². The predicted molar refractivity (Wildman–Crippen MR) is 120 cm³/mol. The number of halogens is 2. The van der Waals surface area contributed by atoms with E-state index < -0.39 is 29.0 Å². The van der Waals surface area contributed by atoms with E-state index in [0.29, 0.717) is 17.7 Å². The van der Waals surface area contributed by atoms with Gasteiger partial charge in [0.1, 0.15) is 17.2 Å². The number of phenols is 1. The number of hydrogen-bond acceptors (Lipinski definition) is 5. The number of fused-ring (bicyclic) bond motifs is 2. The second-order valence-corrected chi connectivity index (χ2v) is 7.94. The lowest BCUT2D eigenvalue weighted by molar-refractivity contribution is 0.0714. The molecule has 4 aromatic rings. The highest BCUT2D eigenvalue weighted by Gasteiger charge is 2.43. The van der Waals surface area contributed by atoms with Crippen LogP contribution in [0.2, 0.25) is 0 Å². The molecule has 0 spiro atoms. The fraction of sp³-hybridized carbons (Fsp3) is 0.154. The number of phenolic OH excluding ortho intramolecular Hbond substituents is 1. The van der Waals surface area contributed by atoms with Gasteiger partial charge in [-0.2, -0.15) is 0 Å². The van der Waals surface area contributed by atoms with Gasteiger partial charge < -0.3 is 19.2 Å². The summed E-state index contributed by atoms with van der Waals surface area (Å²) in [4.78, 5) is 28.4. The zero-order valence-electron chi connectivity index (χ0n) is 18.0. The SMILES string of the molecule is CCOc1cc([C@H]2c3c(oc4ccc(F)cc4c3=O)C(=O)N2Cc2ccc(F)cc2)ccc1O. The molecule has 0 fully saturated rings. The number of benzene rings is 3. The fourth-order valence-corrected chi connectivity index (χ4v) is 4.26. The zero-order chi connectivity index (χ0) is 24.0. The molecule has 1 aliphatic heterocycles. The van der Waals surface area contributed by atoms with Crippen LogP contribution in [0.1, 0.15) is 40.2 Å². The van der Waals surface area contributed by atoms with Crippen LogP contribution < -0.4 is 10.2 Å². The van der Waals surface area contributed by atoms with Crippen molar-refractivity contribution < 1.29 is 27.8 Å². The number of amides is 1. The lowest BCUT2D eigenvalue weighted by atomic mass is 9.97. The van der Waals surface area contributed by atoms with E-state index in [4.69, 9.17) is 9.15 Å². The maximum atomic E-state index is 13.9. The van der Waals surface area contributed by atoms with Crippen molar-refractivity contribution in [1.29, 1.82) is 0 Å². The van der Waals surface area contributed by atoms with Crippen molar-refractivity contribution >= 4 is 16.9 Å². The highest BCUT2D eigenvalue weighted by molar-refractivity contribution is 5.99. The first-order valence-corrected chi connectivity index (χ1v) is 10.6. The Labute approximate surface area is 192 Å². The Morgan fingerprint density at radius 1 is 1.00 bits per heavy atom. The minimum absolute atomic E-state index is 0.0176. The smallest absolute Gasteiger partial charge is 0.291 e. The number of rotatable bonds is 5. The van der Waals surface area contributed by atoms with Gasteiger partial charge in [-0.05, 0) is 60.5 Å². The minimum atomic E-state index is -0.892. The van der Waals surface area contributed by atoms with Gasteiger partial charge in [0.15, 0.2) is 16.9 Å². The monoisotopic (exact) mass is 463 g/mol. The largest absolute Gasteiger partial charge is 0.504 e. The highest BCUT2D eigenvalue weighted by Crippen LogP contribution is 2.41. The van der Waals surface area contributed by atoms with Crippen LogP contribution in [-0.2, 0) is 6.54 Å². The Morgan fingerprint density at radius 3 is 2.47 bits per heavy atom. The molecule has 5 rings (SSSR count). The molecule has 0 saturated heterocycles. The average molecular weight is 463 g/mol. The van der Waals surface area contributed by atoms with Gasteiger partial charge in [-0.1, -0.05) is 18.2 Å². The van der Waals surface area contributed by atoms with Gasteiger partial charge in [0, 0.05) is 6.54 Å². The topological polar surface area (TPSA) is 80.0 Å². The van der Waals surface area contributed by atoms with Crippen LogP contribution in [0.5, 0.6) is 11.5 Å². The molecule has 0 bridgehead atoms. The number of ether oxygens (including phenoxy) is 1. The van der Waals surface area contributed by atoms with Crippen molar-refractivity contribution in [3.63, 3.8) is 0 Å². The summed E-state index contributed by atoms with van der Waals surface area (Å²) in [5.41, 5.74) is 0.777. The van der Waals surface area contributed by atoms with Crippen LogP contribution in [0.3, 0.4) is 0 Å². The summed E-state index contributed by atoms with van der Waals surface area (Å²) >= 11 is 0. The van der Waals surface area contributed by atoms with Crippen LogP contribution in [0.25, 0.3) is 11.0 Å². The van der Waals surface area contributed by atoms with Crippen LogP contribution in [0.4, 0.5) is 8.78 Å². The molecule has 0 saturated carbocycles. The summed E-state index contributed by atoms with van der Waals surface area (Å²) in [5.74, 6) is -1.58. The Balaban J connectivity index is 1.72. The molecule has 3 aromatic carbocycles. The van der Waals surface area contributed by atoms with Gasteiger partial charge in [0.25, 0.3) is 5.91 Å². The second-order valence-electron chi connectivity index (χ2n) is 7.94. The number of hydrogen-bond donors (Lipinski definition) is 1. The van der Waals surface area contributed by atoms with Crippen molar-refractivity contribution in [1.82, 2.24) is 4.90 Å². The lowest BCUT2D eigenvalue weighted by Crippen LogP contribution is -2.29. The van der Waals surface area contributed by atoms with E-state index >= 15 is 0 Å². The Morgan fingerprint density at radius 2 is 1.74 bits per heavy atom. The van der Waals surface area contributed by atoms with Gasteiger partial charge in [-0.3, -0.25) is 9.59 Å². The second kappa shape index (κ2) is 8.30. The maximum absolute atomic E-state index is 13.9. The predicted octanol–water partition coefficient (Wildman–Crippen LogP) is 4.92. The molecule has 8 heteroatoms. The van der Waals surface area contributed by atoms with E-state index in [1.54, 1.807) is 31.2 Å². The van der Waals surface area contributed by atoms with Crippen LogP contribution in [-0.4, -0.2) is 22.5 Å². The Hall–Kier alpha value is -4.20. The zero-order valence-corrected chi connectivity index (χ0v) is 18.0. The molecule has 1 atom stereocenters. The molecule has 0 aliphatic carbocycles. The van der Waals surface area contributed by atoms with Gasteiger partial charge in [-0.25, -0.2) is 8.78 Å². The van der Waals surface area contributed by atoms with Crippen molar-refractivity contribution in [3.05, 3.63) is 105 Å². The third-order valence-electron chi connectivity index (χ3n) is 5.79. The van der Waals surface area contributed by atoms with Crippen LogP contribution >= 0.6 is 0 Å². The summed E-state index contributed by atoms with van der Waals surface area (Å²) in [6.45, 7) is 2.11. The van der Waals surface area contributed by atoms with E-state index in [0.717, 1.165) is 12.1 Å². The highest BCUT2D eigenvalue weighted by atomic mass is 19.1. The number of carbonyl (C=O) groups excluding carboxylic acids is 1. The molecule has 1 N–H and O–H groups in total. The van der Waals surface area contributed by atoms with Crippen LogP contribution in [0.15, 0.2) is 69.9 Å². The molecule has 0 radical (unpaired) electrons. The summed E-state index contributed by atoms with van der Waals surface area (Å²) < 4.78 is 38.6. The number of carbonyl (C=O) groups is 1. The van der Waals surface area contributed by atoms with Crippen molar-refractivity contribution in [2.75, 3.05) is 6.61 Å². The summed E-state index contributed by atoms with van der Waals surface area (Å²) in [5, 5.41) is 10.2. The minimum Gasteiger partial charge on any atom is -0.504 e. The molecular formula is C26H19F2NO5. The maximum Gasteiger partial charge on any atom is 0.291 e. The van der Waals surface area contributed by atoms with Gasteiger partial charge in [-0.15, -0.1) is 0 Å². The summed E-state index contributed by atoms with van der Waals surface area (Å²) in [6, 6.07) is 12.9. The van der Waals surface area contributed by atoms with Crippen molar-refractivity contribution in [2.45, 2.75) is 19.5 Å². The van der Waals surface area contributed by atoms with Crippen LogP contribution in [0, 0.1) is 11.6 Å². The molecule has 34 heavy (non-hydrogen) atoms.